The molecule has 2 N–H and O–H groups in total. The molecule has 0 aliphatic rings. The van der Waals surface area contributed by atoms with Crippen molar-refractivity contribution in [2.75, 3.05) is 5.73 Å². The lowest BCUT2D eigenvalue weighted by Crippen LogP contribution is -2.11. The minimum Gasteiger partial charge on any atom is -0.393 e. The van der Waals surface area contributed by atoms with E-state index in [9.17, 15) is 18.5 Å². The molecule has 2 rings (SSSR count). The fraction of sp³-hybridized carbons (Fsp3) is 0. The average Bonchev–Trinajstić information content (AvgIpc) is 2.41. The zero-order valence-electron chi connectivity index (χ0n) is 10.4. The molecule has 0 fully saturated rings. The van der Waals surface area contributed by atoms with Crippen molar-refractivity contribution in [3.63, 3.8) is 0 Å². The van der Waals surface area contributed by atoms with Crippen molar-refractivity contribution in [2.24, 2.45) is 0 Å². The number of nitrogen functional groups attached to an aromatic ring is 1. The Balaban J connectivity index is 2.43. The Kier molecular flexibility index (Phi) is 4.01. The average molecular weight is 329 g/mol. The number of benzene rings is 2. The smallest absolute Gasteiger partial charge is 0.339 e. The van der Waals surface area contributed by atoms with Crippen LogP contribution in [-0.2, 0) is 10.1 Å². The summed E-state index contributed by atoms with van der Waals surface area (Å²) in [6.07, 6.45) is 0. The lowest BCUT2D eigenvalue weighted by Gasteiger charge is -2.08. The first-order valence-electron chi connectivity index (χ1n) is 5.54. The maximum Gasteiger partial charge on any atom is 0.339 e. The van der Waals surface area contributed by atoms with Gasteiger partial charge in [-0.05, 0) is 24.3 Å². The summed E-state index contributed by atoms with van der Waals surface area (Å²) >= 11 is 5.81. The fourth-order valence-electron chi connectivity index (χ4n) is 1.52. The van der Waals surface area contributed by atoms with Crippen LogP contribution in [0, 0.1) is 10.1 Å². The van der Waals surface area contributed by atoms with Crippen LogP contribution < -0.4 is 9.92 Å². The number of hydrogen-bond acceptors (Lipinski definition) is 6. The molecule has 0 aliphatic carbocycles. The van der Waals surface area contributed by atoms with Gasteiger partial charge in [0.2, 0.25) is 0 Å². The zero-order valence-corrected chi connectivity index (χ0v) is 12.0. The SMILES string of the molecule is Nc1ccc(S(=O)(=O)Oc2ccccc2Cl)cc1[N+](=O)[O-]. The molecular formula is C12H9ClN2O5S. The minimum atomic E-state index is -4.25. The van der Waals surface area contributed by atoms with Crippen LogP contribution >= 0.6 is 11.6 Å². The van der Waals surface area contributed by atoms with Crippen molar-refractivity contribution >= 4 is 33.1 Å². The summed E-state index contributed by atoms with van der Waals surface area (Å²) in [6.45, 7) is 0. The molecule has 110 valence electrons. The highest BCUT2D eigenvalue weighted by atomic mass is 35.5. The Bertz CT molecular complexity index is 807. The van der Waals surface area contributed by atoms with Gasteiger partial charge < -0.3 is 9.92 Å². The first-order chi connectivity index (χ1) is 9.81. The maximum absolute atomic E-state index is 12.1. The molecule has 0 heterocycles. The van der Waals surface area contributed by atoms with Crippen molar-refractivity contribution in [3.05, 3.63) is 57.6 Å². The summed E-state index contributed by atoms with van der Waals surface area (Å²) in [6, 6.07) is 9.05. The summed E-state index contributed by atoms with van der Waals surface area (Å²) in [7, 11) is -4.25. The van der Waals surface area contributed by atoms with Crippen LogP contribution in [0.2, 0.25) is 5.02 Å². The number of para-hydroxylation sites is 1. The third-order valence-corrected chi connectivity index (χ3v) is 4.07. The number of nitrogens with two attached hydrogens (primary N) is 1. The minimum absolute atomic E-state index is 0.0707. The molecule has 21 heavy (non-hydrogen) atoms. The van der Waals surface area contributed by atoms with E-state index in [4.69, 9.17) is 21.5 Å². The number of nitro benzene ring substituents is 1. The Morgan fingerprint density at radius 2 is 1.86 bits per heavy atom. The van der Waals surface area contributed by atoms with Gasteiger partial charge in [-0.1, -0.05) is 23.7 Å². The second-order valence-electron chi connectivity index (χ2n) is 3.95. The molecule has 0 saturated heterocycles. The maximum atomic E-state index is 12.1. The van der Waals surface area contributed by atoms with Crippen LogP contribution in [0.4, 0.5) is 11.4 Å². The molecule has 9 heteroatoms. The monoisotopic (exact) mass is 328 g/mol. The van der Waals surface area contributed by atoms with Crippen LogP contribution in [0.25, 0.3) is 0 Å². The standard InChI is InChI=1S/C12H9ClN2O5S/c13-9-3-1-2-4-12(9)20-21(18,19)8-5-6-10(14)11(7-8)15(16)17/h1-7H,14H2. The first-order valence-corrected chi connectivity index (χ1v) is 7.33. The second-order valence-corrected chi connectivity index (χ2v) is 5.90. The Hall–Kier alpha value is -2.32. The van der Waals surface area contributed by atoms with E-state index in [1.165, 1.54) is 12.1 Å². The summed E-state index contributed by atoms with van der Waals surface area (Å²) in [5.74, 6) is -0.0707. The number of halogens is 1. The normalized spacial score (nSPS) is 11.1. The molecule has 0 radical (unpaired) electrons. The van der Waals surface area contributed by atoms with E-state index in [2.05, 4.69) is 0 Å². The van der Waals surface area contributed by atoms with Gasteiger partial charge in [0.05, 0.1) is 9.95 Å². The van der Waals surface area contributed by atoms with Gasteiger partial charge in [0.1, 0.15) is 10.6 Å². The van der Waals surface area contributed by atoms with E-state index in [-0.39, 0.29) is 21.4 Å². The predicted molar refractivity (Wildman–Crippen MR) is 76.8 cm³/mol. The molecule has 0 aromatic heterocycles. The predicted octanol–water partition coefficient (Wildman–Crippen LogP) is 2.60. The van der Waals surface area contributed by atoms with Gasteiger partial charge in [-0.15, -0.1) is 0 Å². The number of nitro groups is 1. The molecule has 0 saturated carbocycles. The summed E-state index contributed by atoms with van der Waals surface area (Å²) in [4.78, 5) is 9.62. The van der Waals surface area contributed by atoms with Crippen molar-refractivity contribution in [1.82, 2.24) is 0 Å². The van der Waals surface area contributed by atoms with Crippen LogP contribution in [0.1, 0.15) is 0 Å². The first kappa shape index (κ1) is 15.1. The van der Waals surface area contributed by atoms with E-state index in [1.54, 1.807) is 12.1 Å². The molecule has 2 aromatic carbocycles. The van der Waals surface area contributed by atoms with E-state index in [0.717, 1.165) is 18.2 Å². The lowest BCUT2D eigenvalue weighted by atomic mass is 10.3. The third kappa shape index (κ3) is 3.23. The van der Waals surface area contributed by atoms with Gasteiger partial charge in [-0.3, -0.25) is 10.1 Å². The molecule has 0 bridgehead atoms. The highest BCUT2D eigenvalue weighted by Crippen LogP contribution is 2.29. The summed E-state index contributed by atoms with van der Waals surface area (Å²) < 4.78 is 29.1. The van der Waals surface area contributed by atoms with Gasteiger partial charge in [0.15, 0.2) is 5.75 Å². The molecule has 0 spiro atoms. The van der Waals surface area contributed by atoms with Crippen LogP contribution in [0.3, 0.4) is 0 Å². The van der Waals surface area contributed by atoms with Crippen molar-refractivity contribution in [2.45, 2.75) is 4.90 Å². The van der Waals surface area contributed by atoms with Gasteiger partial charge in [-0.25, -0.2) is 0 Å². The third-order valence-electron chi connectivity index (χ3n) is 2.52. The highest BCUT2D eigenvalue weighted by molar-refractivity contribution is 7.87. The molecule has 0 atom stereocenters. The Morgan fingerprint density at radius 3 is 2.48 bits per heavy atom. The fourth-order valence-corrected chi connectivity index (χ4v) is 2.70. The van der Waals surface area contributed by atoms with E-state index >= 15 is 0 Å². The Labute approximate surface area is 125 Å². The molecule has 2 aromatic rings. The van der Waals surface area contributed by atoms with Gasteiger partial charge >= 0.3 is 10.1 Å². The lowest BCUT2D eigenvalue weighted by molar-refractivity contribution is -0.384. The van der Waals surface area contributed by atoms with E-state index in [0.29, 0.717) is 0 Å². The largest absolute Gasteiger partial charge is 0.393 e. The van der Waals surface area contributed by atoms with Crippen molar-refractivity contribution < 1.29 is 17.5 Å². The summed E-state index contributed by atoms with van der Waals surface area (Å²) in [5, 5.41) is 10.9. The van der Waals surface area contributed by atoms with Crippen molar-refractivity contribution in [3.8, 4) is 5.75 Å². The quantitative estimate of drug-likeness (QED) is 0.399. The van der Waals surface area contributed by atoms with Crippen LogP contribution in [-0.4, -0.2) is 13.3 Å². The number of rotatable bonds is 4. The number of hydrogen-bond donors (Lipinski definition) is 1. The van der Waals surface area contributed by atoms with E-state index < -0.39 is 20.7 Å². The molecule has 0 aliphatic heterocycles. The van der Waals surface area contributed by atoms with Crippen LogP contribution in [0.15, 0.2) is 47.4 Å². The number of anilines is 1. The topological polar surface area (TPSA) is 113 Å². The second kappa shape index (κ2) is 5.58. The number of nitrogens with zero attached hydrogens (tertiary/aromatic N) is 1. The van der Waals surface area contributed by atoms with Gasteiger partial charge in [0.25, 0.3) is 5.69 Å². The van der Waals surface area contributed by atoms with E-state index in [1.807, 2.05) is 0 Å². The van der Waals surface area contributed by atoms with Crippen molar-refractivity contribution in [1.29, 1.82) is 0 Å². The summed E-state index contributed by atoms with van der Waals surface area (Å²) in [5.41, 5.74) is 4.76. The van der Waals surface area contributed by atoms with Crippen LogP contribution in [0.5, 0.6) is 5.75 Å². The molecule has 0 amide bonds. The van der Waals surface area contributed by atoms with Gasteiger partial charge in [-0.2, -0.15) is 8.42 Å². The Morgan fingerprint density at radius 1 is 1.19 bits per heavy atom. The van der Waals surface area contributed by atoms with Gasteiger partial charge in [0, 0.05) is 6.07 Å². The molecule has 7 nitrogen and oxygen atoms in total. The molecule has 0 unspecified atom stereocenters. The molecular weight excluding hydrogens is 320 g/mol. The zero-order chi connectivity index (χ0) is 15.6. The highest BCUT2D eigenvalue weighted by Gasteiger charge is 2.22.